The largest absolute Gasteiger partial charge is 0.495 e. The highest BCUT2D eigenvalue weighted by Crippen LogP contribution is 2.31. The van der Waals surface area contributed by atoms with Gasteiger partial charge in [0.05, 0.1) is 23.4 Å². The second-order valence-electron chi connectivity index (χ2n) is 5.44. The maximum atomic E-state index is 12.4. The van der Waals surface area contributed by atoms with E-state index in [0.717, 1.165) is 16.9 Å². The van der Waals surface area contributed by atoms with Crippen LogP contribution in [0.15, 0.2) is 66.3 Å². The van der Waals surface area contributed by atoms with Crippen LogP contribution in [0.2, 0.25) is 0 Å². The fourth-order valence-electron chi connectivity index (χ4n) is 2.63. The van der Waals surface area contributed by atoms with Crippen molar-refractivity contribution in [3.8, 4) is 17.0 Å². The molecule has 3 aromatic heterocycles. The fraction of sp³-hybridized carbons (Fsp3) is 0.0526. The van der Waals surface area contributed by atoms with Gasteiger partial charge in [-0.15, -0.1) is 11.3 Å². The lowest BCUT2D eigenvalue weighted by atomic mass is 10.1. The number of nitrogens with zero attached hydrogens (tertiary/aromatic N) is 2. The zero-order valence-corrected chi connectivity index (χ0v) is 14.3. The highest BCUT2D eigenvalue weighted by molar-refractivity contribution is 7.12. The van der Waals surface area contributed by atoms with Gasteiger partial charge in [0.2, 0.25) is 0 Å². The summed E-state index contributed by atoms with van der Waals surface area (Å²) in [6.45, 7) is 0. The number of benzene rings is 1. The third kappa shape index (κ3) is 2.99. The number of thiophene rings is 1. The fourth-order valence-corrected chi connectivity index (χ4v) is 3.25. The predicted molar refractivity (Wildman–Crippen MR) is 99.5 cm³/mol. The molecule has 25 heavy (non-hydrogen) atoms. The van der Waals surface area contributed by atoms with E-state index in [1.807, 2.05) is 64.6 Å². The number of carbonyl (C=O) groups is 1. The maximum Gasteiger partial charge on any atom is 0.265 e. The van der Waals surface area contributed by atoms with Crippen LogP contribution in [0.5, 0.6) is 5.75 Å². The number of ether oxygens (including phenoxy) is 1. The molecule has 5 nitrogen and oxygen atoms in total. The molecule has 0 saturated heterocycles. The lowest BCUT2D eigenvalue weighted by Gasteiger charge is -2.11. The van der Waals surface area contributed by atoms with Gasteiger partial charge in [0, 0.05) is 18.0 Å². The molecule has 0 saturated carbocycles. The van der Waals surface area contributed by atoms with Gasteiger partial charge in [0.15, 0.2) is 0 Å². The Kier molecular flexibility index (Phi) is 3.95. The number of imidazole rings is 1. The van der Waals surface area contributed by atoms with Gasteiger partial charge in [-0.1, -0.05) is 12.1 Å². The summed E-state index contributed by atoms with van der Waals surface area (Å²) in [5.41, 5.74) is 3.24. The molecule has 0 atom stereocenters. The summed E-state index contributed by atoms with van der Waals surface area (Å²) in [5, 5.41) is 4.79. The Labute approximate surface area is 148 Å². The van der Waals surface area contributed by atoms with Crippen molar-refractivity contribution in [3.05, 3.63) is 71.2 Å². The van der Waals surface area contributed by atoms with Crippen LogP contribution in [0.4, 0.5) is 5.69 Å². The SMILES string of the molecule is COc1ccc(-c2cn3ccccc3n2)cc1NC(=O)c1cccs1. The van der Waals surface area contributed by atoms with Crippen molar-refractivity contribution in [1.29, 1.82) is 0 Å². The number of anilines is 1. The van der Waals surface area contributed by atoms with Crippen molar-refractivity contribution < 1.29 is 9.53 Å². The number of aromatic nitrogens is 2. The minimum absolute atomic E-state index is 0.152. The van der Waals surface area contributed by atoms with E-state index in [4.69, 9.17) is 4.74 Å². The Bertz CT molecular complexity index is 1000. The lowest BCUT2D eigenvalue weighted by molar-refractivity contribution is 0.103. The van der Waals surface area contributed by atoms with Gasteiger partial charge in [-0.3, -0.25) is 4.79 Å². The molecule has 1 N–H and O–H groups in total. The van der Waals surface area contributed by atoms with Crippen LogP contribution >= 0.6 is 11.3 Å². The Morgan fingerprint density at radius 3 is 2.88 bits per heavy atom. The smallest absolute Gasteiger partial charge is 0.265 e. The number of carbonyl (C=O) groups excluding carboxylic acids is 1. The third-order valence-electron chi connectivity index (χ3n) is 3.85. The van der Waals surface area contributed by atoms with Crippen molar-refractivity contribution in [2.75, 3.05) is 12.4 Å². The Hall–Kier alpha value is -3.12. The normalized spacial score (nSPS) is 10.8. The second-order valence-corrected chi connectivity index (χ2v) is 6.39. The molecule has 0 bridgehead atoms. The van der Waals surface area contributed by atoms with Crippen molar-refractivity contribution >= 4 is 28.6 Å². The summed E-state index contributed by atoms with van der Waals surface area (Å²) in [6.07, 6.45) is 3.91. The van der Waals surface area contributed by atoms with Crippen LogP contribution in [-0.4, -0.2) is 22.4 Å². The first-order valence-electron chi connectivity index (χ1n) is 7.71. The number of fused-ring (bicyclic) bond motifs is 1. The van der Waals surface area contributed by atoms with E-state index in [-0.39, 0.29) is 5.91 Å². The quantitative estimate of drug-likeness (QED) is 0.597. The molecule has 0 aliphatic heterocycles. The molecule has 0 radical (unpaired) electrons. The Balaban J connectivity index is 1.71. The monoisotopic (exact) mass is 349 g/mol. The molecule has 124 valence electrons. The third-order valence-corrected chi connectivity index (χ3v) is 4.72. The highest BCUT2D eigenvalue weighted by Gasteiger charge is 2.13. The van der Waals surface area contributed by atoms with Crippen LogP contribution in [0, 0.1) is 0 Å². The van der Waals surface area contributed by atoms with Crippen LogP contribution in [0.1, 0.15) is 9.67 Å². The molecule has 4 rings (SSSR count). The van der Waals surface area contributed by atoms with Crippen LogP contribution < -0.4 is 10.1 Å². The van der Waals surface area contributed by atoms with Gasteiger partial charge >= 0.3 is 0 Å². The van der Waals surface area contributed by atoms with Gasteiger partial charge in [0.1, 0.15) is 11.4 Å². The molecule has 0 aliphatic rings. The minimum atomic E-state index is -0.152. The van der Waals surface area contributed by atoms with E-state index in [0.29, 0.717) is 16.3 Å². The first kappa shape index (κ1) is 15.4. The van der Waals surface area contributed by atoms with Gasteiger partial charge in [-0.2, -0.15) is 0 Å². The van der Waals surface area contributed by atoms with E-state index in [9.17, 15) is 4.79 Å². The highest BCUT2D eigenvalue weighted by atomic mass is 32.1. The lowest BCUT2D eigenvalue weighted by Crippen LogP contribution is -2.11. The van der Waals surface area contributed by atoms with Crippen molar-refractivity contribution in [2.45, 2.75) is 0 Å². The van der Waals surface area contributed by atoms with E-state index in [1.165, 1.54) is 11.3 Å². The topological polar surface area (TPSA) is 55.6 Å². The average molecular weight is 349 g/mol. The van der Waals surface area contributed by atoms with E-state index < -0.39 is 0 Å². The molecule has 0 unspecified atom stereocenters. The number of rotatable bonds is 4. The predicted octanol–water partition coefficient (Wildman–Crippen LogP) is 4.32. The molecule has 0 fully saturated rings. The van der Waals surface area contributed by atoms with Gasteiger partial charge in [-0.05, 0) is 41.8 Å². The maximum absolute atomic E-state index is 12.4. The van der Waals surface area contributed by atoms with Crippen molar-refractivity contribution in [3.63, 3.8) is 0 Å². The average Bonchev–Trinajstić information content (AvgIpc) is 3.31. The van der Waals surface area contributed by atoms with Crippen LogP contribution in [0.25, 0.3) is 16.9 Å². The summed E-state index contributed by atoms with van der Waals surface area (Å²) < 4.78 is 7.34. The van der Waals surface area contributed by atoms with E-state index in [2.05, 4.69) is 10.3 Å². The van der Waals surface area contributed by atoms with Crippen LogP contribution in [0.3, 0.4) is 0 Å². The number of hydrogen-bond donors (Lipinski definition) is 1. The van der Waals surface area contributed by atoms with Gasteiger partial charge in [-0.25, -0.2) is 4.98 Å². The van der Waals surface area contributed by atoms with Gasteiger partial charge < -0.3 is 14.5 Å². The summed E-state index contributed by atoms with van der Waals surface area (Å²) in [4.78, 5) is 17.6. The molecule has 1 amide bonds. The van der Waals surface area contributed by atoms with E-state index >= 15 is 0 Å². The first-order valence-corrected chi connectivity index (χ1v) is 8.59. The molecular formula is C19H15N3O2S. The molecule has 0 aliphatic carbocycles. The minimum Gasteiger partial charge on any atom is -0.495 e. The Morgan fingerprint density at radius 1 is 1.20 bits per heavy atom. The summed E-state index contributed by atoms with van der Waals surface area (Å²) in [6, 6.07) is 15.2. The number of nitrogens with one attached hydrogen (secondary N) is 1. The zero-order valence-electron chi connectivity index (χ0n) is 13.5. The summed E-state index contributed by atoms with van der Waals surface area (Å²) in [7, 11) is 1.58. The Morgan fingerprint density at radius 2 is 2.12 bits per heavy atom. The van der Waals surface area contributed by atoms with E-state index in [1.54, 1.807) is 13.2 Å². The number of pyridine rings is 1. The zero-order chi connectivity index (χ0) is 17.2. The summed E-state index contributed by atoms with van der Waals surface area (Å²) >= 11 is 1.40. The molecule has 6 heteroatoms. The van der Waals surface area contributed by atoms with Crippen molar-refractivity contribution in [1.82, 2.24) is 9.38 Å². The number of hydrogen-bond acceptors (Lipinski definition) is 4. The first-order chi connectivity index (χ1) is 12.2. The molecule has 4 aromatic rings. The standard InChI is InChI=1S/C19H15N3O2S/c1-24-16-8-7-13(15-12-22-9-3-2-6-18(22)20-15)11-14(16)21-19(23)17-5-4-10-25-17/h2-12H,1H3,(H,21,23). The molecule has 3 heterocycles. The molecule has 0 spiro atoms. The van der Waals surface area contributed by atoms with Crippen molar-refractivity contribution in [2.24, 2.45) is 0 Å². The molecule has 1 aromatic carbocycles. The second kappa shape index (κ2) is 6.41. The summed E-state index contributed by atoms with van der Waals surface area (Å²) in [5.74, 6) is 0.456. The number of methoxy groups -OCH3 is 1. The van der Waals surface area contributed by atoms with Crippen LogP contribution in [-0.2, 0) is 0 Å². The molecular weight excluding hydrogens is 334 g/mol. The number of amides is 1. The van der Waals surface area contributed by atoms with Gasteiger partial charge in [0.25, 0.3) is 5.91 Å².